The van der Waals surface area contributed by atoms with E-state index >= 15 is 0 Å². The van der Waals surface area contributed by atoms with Crippen molar-refractivity contribution < 1.29 is 0 Å². The van der Waals surface area contributed by atoms with Crippen molar-refractivity contribution in [3.8, 4) is 6.07 Å². The first-order chi connectivity index (χ1) is 9.10. The predicted octanol–water partition coefficient (Wildman–Crippen LogP) is 3.10. The van der Waals surface area contributed by atoms with E-state index in [1.165, 1.54) is 0 Å². The topological polar surface area (TPSA) is 30.3 Å². The molecular weight excluding hydrogens is 302 g/mol. The van der Waals surface area contributed by atoms with Gasteiger partial charge in [0, 0.05) is 37.2 Å². The van der Waals surface area contributed by atoms with Crippen molar-refractivity contribution >= 4 is 21.6 Å². The molecule has 0 amide bonds. The molecule has 3 nitrogen and oxygen atoms in total. The first-order valence-corrected chi connectivity index (χ1v) is 7.56. The van der Waals surface area contributed by atoms with Crippen LogP contribution < -0.4 is 4.90 Å². The highest BCUT2D eigenvalue weighted by atomic mass is 79.9. The molecule has 0 N–H and O–H groups in total. The van der Waals surface area contributed by atoms with Gasteiger partial charge in [-0.15, -0.1) is 0 Å². The lowest BCUT2D eigenvalue weighted by Gasteiger charge is -2.37. The summed E-state index contributed by atoms with van der Waals surface area (Å²) in [5.41, 5.74) is 1.82. The van der Waals surface area contributed by atoms with Crippen LogP contribution in [0, 0.1) is 17.2 Å². The van der Waals surface area contributed by atoms with Gasteiger partial charge in [-0.25, -0.2) is 0 Å². The molecule has 0 bridgehead atoms. The smallest absolute Gasteiger partial charge is 0.101 e. The molecule has 19 heavy (non-hydrogen) atoms. The average Bonchev–Trinajstić information content (AvgIpc) is 2.39. The third-order valence-corrected chi connectivity index (χ3v) is 3.91. The average molecular weight is 322 g/mol. The zero-order chi connectivity index (χ0) is 13.8. The number of piperazine rings is 1. The summed E-state index contributed by atoms with van der Waals surface area (Å²) in [5.74, 6) is 0.715. The summed E-state index contributed by atoms with van der Waals surface area (Å²) >= 11 is 3.49. The zero-order valence-corrected chi connectivity index (χ0v) is 13.2. The van der Waals surface area contributed by atoms with Crippen LogP contribution in [0.1, 0.15) is 19.4 Å². The van der Waals surface area contributed by atoms with Crippen LogP contribution in [0.4, 0.5) is 5.69 Å². The van der Waals surface area contributed by atoms with E-state index in [1.54, 1.807) is 0 Å². The number of hydrogen-bond acceptors (Lipinski definition) is 3. The Labute approximate surface area is 123 Å². The lowest BCUT2D eigenvalue weighted by atomic mass is 10.1. The van der Waals surface area contributed by atoms with Gasteiger partial charge in [0.15, 0.2) is 0 Å². The quantitative estimate of drug-likeness (QED) is 0.857. The van der Waals surface area contributed by atoms with Crippen molar-refractivity contribution in [2.45, 2.75) is 13.8 Å². The first kappa shape index (κ1) is 14.4. The van der Waals surface area contributed by atoms with Gasteiger partial charge in [0.25, 0.3) is 0 Å². The molecule has 1 aliphatic rings. The Balaban J connectivity index is 2.05. The van der Waals surface area contributed by atoms with Gasteiger partial charge in [-0.05, 0) is 24.1 Å². The SMILES string of the molecule is CC(C)CN1CCN(c2cc(Br)ccc2C#N)CC1. The van der Waals surface area contributed by atoms with E-state index in [1.807, 2.05) is 12.1 Å². The molecule has 0 saturated carbocycles. The Morgan fingerprint density at radius 3 is 2.53 bits per heavy atom. The van der Waals surface area contributed by atoms with E-state index in [4.69, 9.17) is 0 Å². The maximum atomic E-state index is 9.21. The Morgan fingerprint density at radius 2 is 1.95 bits per heavy atom. The molecule has 1 aromatic rings. The predicted molar refractivity (Wildman–Crippen MR) is 82.3 cm³/mol. The molecule has 0 spiro atoms. The third-order valence-electron chi connectivity index (χ3n) is 3.42. The molecule has 4 heteroatoms. The highest BCUT2D eigenvalue weighted by Crippen LogP contribution is 2.25. The van der Waals surface area contributed by atoms with Crippen LogP contribution in [0.15, 0.2) is 22.7 Å². The van der Waals surface area contributed by atoms with Gasteiger partial charge in [0.05, 0.1) is 11.3 Å². The number of hydrogen-bond donors (Lipinski definition) is 0. The number of nitriles is 1. The Bertz CT molecular complexity index is 471. The molecule has 102 valence electrons. The van der Waals surface area contributed by atoms with E-state index in [-0.39, 0.29) is 0 Å². The van der Waals surface area contributed by atoms with E-state index in [2.05, 4.69) is 51.7 Å². The van der Waals surface area contributed by atoms with Crippen molar-refractivity contribution in [3.05, 3.63) is 28.2 Å². The monoisotopic (exact) mass is 321 g/mol. The highest BCUT2D eigenvalue weighted by Gasteiger charge is 2.19. The molecule has 0 radical (unpaired) electrons. The summed E-state index contributed by atoms with van der Waals surface area (Å²) < 4.78 is 1.03. The molecule has 0 unspecified atom stereocenters. The molecule has 1 heterocycles. The molecule has 0 aliphatic carbocycles. The van der Waals surface area contributed by atoms with Gasteiger partial charge in [-0.2, -0.15) is 5.26 Å². The number of rotatable bonds is 3. The molecule has 1 aromatic carbocycles. The molecule has 2 rings (SSSR count). The van der Waals surface area contributed by atoms with Crippen molar-refractivity contribution in [2.24, 2.45) is 5.92 Å². The van der Waals surface area contributed by atoms with Crippen molar-refractivity contribution in [1.82, 2.24) is 4.90 Å². The van der Waals surface area contributed by atoms with Gasteiger partial charge in [0.2, 0.25) is 0 Å². The second kappa shape index (κ2) is 6.40. The van der Waals surface area contributed by atoms with E-state index in [9.17, 15) is 5.26 Å². The van der Waals surface area contributed by atoms with Gasteiger partial charge >= 0.3 is 0 Å². The summed E-state index contributed by atoms with van der Waals surface area (Å²) in [6.45, 7) is 9.83. The Morgan fingerprint density at radius 1 is 1.26 bits per heavy atom. The molecule has 1 fully saturated rings. The van der Waals surface area contributed by atoms with Gasteiger partial charge in [-0.3, -0.25) is 4.90 Å². The van der Waals surface area contributed by atoms with Crippen LogP contribution in [0.3, 0.4) is 0 Å². The third kappa shape index (κ3) is 3.71. The largest absolute Gasteiger partial charge is 0.368 e. The second-order valence-electron chi connectivity index (χ2n) is 5.45. The van der Waals surface area contributed by atoms with Crippen LogP contribution in [-0.2, 0) is 0 Å². The Kier molecular flexibility index (Phi) is 4.84. The maximum absolute atomic E-state index is 9.21. The zero-order valence-electron chi connectivity index (χ0n) is 11.6. The standard InChI is InChI=1S/C15H20BrN3/c1-12(2)11-18-5-7-19(8-6-18)15-9-14(16)4-3-13(15)10-17/h3-4,9,12H,5-8,11H2,1-2H3. The van der Waals surface area contributed by atoms with E-state index in [0.29, 0.717) is 5.92 Å². The van der Waals surface area contributed by atoms with Crippen LogP contribution in [0.5, 0.6) is 0 Å². The fourth-order valence-corrected chi connectivity index (χ4v) is 2.90. The number of halogens is 1. The minimum absolute atomic E-state index is 0.715. The lowest BCUT2D eigenvalue weighted by molar-refractivity contribution is 0.231. The summed E-state index contributed by atoms with van der Waals surface area (Å²) in [7, 11) is 0. The van der Waals surface area contributed by atoms with Crippen LogP contribution in [0.25, 0.3) is 0 Å². The number of benzene rings is 1. The minimum Gasteiger partial charge on any atom is -0.368 e. The van der Waals surface area contributed by atoms with Gasteiger partial charge < -0.3 is 4.90 Å². The molecule has 0 atom stereocenters. The van der Waals surface area contributed by atoms with Crippen molar-refractivity contribution in [2.75, 3.05) is 37.6 Å². The van der Waals surface area contributed by atoms with Crippen molar-refractivity contribution in [3.63, 3.8) is 0 Å². The molecule has 1 aliphatic heterocycles. The van der Waals surface area contributed by atoms with Gasteiger partial charge in [-0.1, -0.05) is 29.8 Å². The van der Waals surface area contributed by atoms with Crippen LogP contribution >= 0.6 is 15.9 Å². The fourth-order valence-electron chi connectivity index (χ4n) is 2.55. The minimum atomic E-state index is 0.715. The lowest BCUT2D eigenvalue weighted by Crippen LogP contribution is -2.47. The van der Waals surface area contributed by atoms with E-state index in [0.717, 1.165) is 48.4 Å². The van der Waals surface area contributed by atoms with Gasteiger partial charge in [0.1, 0.15) is 6.07 Å². The molecule has 0 aromatic heterocycles. The van der Waals surface area contributed by atoms with Crippen LogP contribution in [0.2, 0.25) is 0 Å². The van der Waals surface area contributed by atoms with E-state index < -0.39 is 0 Å². The summed E-state index contributed by atoms with van der Waals surface area (Å²) in [4.78, 5) is 4.82. The summed E-state index contributed by atoms with van der Waals surface area (Å²) in [6.07, 6.45) is 0. The van der Waals surface area contributed by atoms with Crippen molar-refractivity contribution in [1.29, 1.82) is 5.26 Å². The highest BCUT2D eigenvalue weighted by molar-refractivity contribution is 9.10. The molecular formula is C15H20BrN3. The number of anilines is 1. The maximum Gasteiger partial charge on any atom is 0.101 e. The van der Waals surface area contributed by atoms with Crippen LogP contribution in [-0.4, -0.2) is 37.6 Å². The number of nitrogens with zero attached hydrogens (tertiary/aromatic N) is 3. The molecule has 1 saturated heterocycles. The summed E-state index contributed by atoms with van der Waals surface area (Å²) in [5, 5.41) is 9.21. The second-order valence-corrected chi connectivity index (χ2v) is 6.37. The fraction of sp³-hybridized carbons (Fsp3) is 0.533. The normalized spacial score (nSPS) is 16.7. The first-order valence-electron chi connectivity index (χ1n) is 6.77. The Hall–Kier alpha value is -1.05. The summed E-state index contributed by atoms with van der Waals surface area (Å²) in [6, 6.07) is 8.16.